The Morgan fingerprint density at radius 2 is 2.04 bits per heavy atom. The largest absolute Gasteiger partial charge is 0.383 e. The van der Waals surface area contributed by atoms with Gasteiger partial charge in [0.25, 0.3) is 0 Å². The number of hydrogen-bond acceptors (Lipinski definition) is 5. The van der Waals surface area contributed by atoms with E-state index in [1.165, 1.54) is 4.90 Å². The molecule has 1 aromatic rings. The van der Waals surface area contributed by atoms with Crippen LogP contribution in [0.1, 0.15) is 30.4 Å². The second-order valence-electron chi connectivity index (χ2n) is 7.31. The summed E-state index contributed by atoms with van der Waals surface area (Å²) in [7, 11) is 1.58. The molecule has 1 unspecified atom stereocenters. The molecule has 0 radical (unpaired) electrons. The molecule has 0 spiro atoms. The number of nitrogens with zero attached hydrogens (tertiary/aromatic N) is 2. The number of ether oxygens (including phenoxy) is 1. The highest BCUT2D eigenvalue weighted by Crippen LogP contribution is 2.32. The summed E-state index contributed by atoms with van der Waals surface area (Å²) in [6.45, 7) is 4.79. The van der Waals surface area contributed by atoms with Crippen LogP contribution in [0.2, 0.25) is 0 Å². The lowest BCUT2D eigenvalue weighted by Crippen LogP contribution is -2.47. The van der Waals surface area contributed by atoms with Crippen molar-refractivity contribution in [2.75, 3.05) is 32.1 Å². The number of rotatable bonds is 8. The van der Waals surface area contributed by atoms with Gasteiger partial charge < -0.3 is 10.1 Å². The number of anilines is 1. The highest BCUT2D eigenvalue weighted by molar-refractivity contribution is 6.06. The van der Waals surface area contributed by atoms with Crippen molar-refractivity contribution < 1.29 is 19.1 Å². The summed E-state index contributed by atoms with van der Waals surface area (Å²) in [6.07, 6.45) is 1.90. The van der Waals surface area contributed by atoms with Crippen molar-refractivity contribution in [1.29, 1.82) is 0 Å². The van der Waals surface area contributed by atoms with Gasteiger partial charge in [0.1, 0.15) is 0 Å². The summed E-state index contributed by atoms with van der Waals surface area (Å²) < 4.78 is 5.13. The van der Waals surface area contributed by atoms with Gasteiger partial charge in [0, 0.05) is 25.4 Å². The van der Waals surface area contributed by atoms with Gasteiger partial charge >= 0.3 is 0 Å². The van der Waals surface area contributed by atoms with E-state index in [2.05, 4.69) is 5.32 Å². The third-order valence-corrected chi connectivity index (χ3v) is 5.32. The number of hydrogen-bond donors (Lipinski definition) is 1. The Morgan fingerprint density at radius 3 is 2.70 bits per heavy atom. The molecule has 7 nitrogen and oxygen atoms in total. The van der Waals surface area contributed by atoms with Crippen molar-refractivity contribution >= 4 is 23.4 Å². The molecule has 0 aromatic heterocycles. The standard InChI is InChI=1S/C20H27N3O4/c1-13-5-4-6-16(14(13)2)21-18(24)12-22(9-10-27-3)17-11-19(25)23(20(17)26)15-7-8-15/h4-6,15,17H,7-12H2,1-3H3,(H,21,24). The lowest BCUT2D eigenvalue weighted by molar-refractivity contribution is -0.140. The molecule has 2 fully saturated rings. The van der Waals surface area contributed by atoms with Gasteiger partial charge in [0.2, 0.25) is 17.7 Å². The summed E-state index contributed by atoms with van der Waals surface area (Å²) in [4.78, 5) is 40.8. The maximum absolute atomic E-state index is 12.7. The molecule has 1 atom stereocenters. The fourth-order valence-electron chi connectivity index (χ4n) is 3.45. The van der Waals surface area contributed by atoms with Gasteiger partial charge in [-0.3, -0.25) is 24.2 Å². The minimum absolute atomic E-state index is 0.0406. The summed E-state index contributed by atoms with van der Waals surface area (Å²) in [5.74, 6) is -0.520. The average Bonchev–Trinajstić information content (AvgIpc) is 3.41. The minimum Gasteiger partial charge on any atom is -0.383 e. The van der Waals surface area contributed by atoms with E-state index in [9.17, 15) is 14.4 Å². The Labute approximate surface area is 159 Å². The Balaban J connectivity index is 1.69. The van der Waals surface area contributed by atoms with Crippen LogP contribution in [0.25, 0.3) is 0 Å². The van der Waals surface area contributed by atoms with Crippen molar-refractivity contribution in [1.82, 2.24) is 9.80 Å². The van der Waals surface area contributed by atoms with Crippen LogP contribution in [-0.4, -0.2) is 66.4 Å². The predicted molar refractivity (Wildman–Crippen MR) is 101 cm³/mol. The number of likely N-dealkylation sites (tertiary alicyclic amines) is 1. The molecule has 1 saturated carbocycles. The second-order valence-corrected chi connectivity index (χ2v) is 7.31. The molecule has 7 heteroatoms. The number of carbonyl (C=O) groups is 3. The van der Waals surface area contributed by atoms with Gasteiger partial charge in [-0.05, 0) is 43.9 Å². The molecular formula is C20H27N3O4. The van der Waals surface area contributed by atoms with Crippen LogP contribution in [0.5, 0.6) is 0 Å². The van der Waals surface area contributed by atoms with Crippen LogP contribution in [0.15, 0.2) is 18.2 Å². The molecule has 0 bridgehead atoms. The number of aryl methyl sites for hydroxylation is 1. The van der Waals surface area contributed by atoms with Crippen LogP contribution in [0.4, 0.5) is 5.69 Å². The van der Waals surface area contributed by atoms with Crippen molar-refractivity contribution in [3.05, 3.63) is 29.3 Å². The third-order valence-electron chi connectivity index (χ3n) is 5.32. The van der Waals surface area contributed by atoms with Gasteiger partial charge in [0.05, 0.1) is 25.6 Å². The van der Waals surface area contributed by atoms with Gasteiger partial charge in [-0.1, -0.05) is 12.1 Å². The van der Waals surface area contributed by atoms with E-state index < -0.39 is 6.04 Å². The van der Waals surface area contributed by atoms with E-state index in [0.29, 0.717) is 13.2 Å². The molecule has 1 aromatic carbocycles. The normalized spacial score (nSPS) is 19.9. The summed E-state index contributed by atoms with van der Waals surface area (Å²) in [5.41, 5.74) is 2.88. The second kappa shape index (κ2) is 8.19. The first-order valence-corrected chi connectivity index (χ1v) is 9.37. The highest BCUT2D eigenvalue weighted by atomic mass is 16.5. The maximum atomic E-state index is 12.7. The minimum atomic E-state index is -0.586. The molecule has 27 heavy (non-hydrogen) atoms. The zero-order valence-electron chi connectivity index (χ0n) is 16.2. The highest BCUT2D eigenvalue weighted by Gasteiger charge is 2.48. The molecular weight excluding hydrogens is 346 g/mol. The monoisotopic (exact) mass is 373 g/mol. The summed E-state index contributed by atoms with van der Waals surface area (Å²) in [5, 5.41) is 2.92. The first kappa shape index (κ1) is 19.5. The first-order chi connectivity index (χ1) is 12.9. The van der Waals surface area contributed by atoms with Crippen LogP contribution < -0.4 is 5.32 Å². The summed E-state index contributed by atoms with van der Waals surface area (Å²) in [6, 6.07) is 5.22. The molecule has 1 heterocycles. The number of carbonyl (C=O) groups excluding carboxylic acids is 3. The zero-order valence-corrected chi connectivity index (χ0v) is 16.2. The molecule has 146 valence electrons. The van der Waals surface area contributed by atoms with E-state index in [4.69, 9.17) is 4.74 Å². The number of nitrogens with one attached hydrogen (secondary N) is 1. The smallest absolute Gasteiger partial charge is 0.247 e. The van der Waals surface area contributed by atoms with E-state index >= 15 is 0 Å². The van der Waals surface area contributed by atoms with Crippen molar-refractivity contribution in [3.63, 3.8) is 0 Å². The average molecular weight is 373 g/mol. The van der Waals surface area contributed by atoms with Crippen LogP contribution in [-0.2, 0) is 19.1 Å². The molecule has 1 aliphatic heterocycles. The quantitative estimate of drug-likeness (QED) is 0.699. The SMILES string of the molecule is COCCN(CC(=O)Nc1cccc(C)c1C)C1CC(=O)N(C2CC2)C1=O. The third kappa shape index (κ3) is 4.36. The van der Waals surface area contributed by atoms with Gasteiger partial charge in [0.15, 0.2) is 0 Å². The van der Waals surface area contributed by atoms with Gasteiger partial charge in [-0.15, -0.1) is 0 Å². The van der Waals surface area contributed by atoms with E-state index in [-0.39, 0.29) is 36.7 Å². The predicted octanol–water partition coefficient (Wildman–Crippen LogP) is 1.48. The van der Waals surface area contributed by atoms with Crippen molar-refractivity contribution in [3.8, 4) is 0 Å². The van der Waals surface area contributed by atoms with Gasteiger partial charge in [-0.2, -0.15) is 0 Å². The number of methoxy groups -OCH3 is 1. The number of imide groups is 1. The van der Waals surface area contributed by atoms with Crippen LogP contribution >= 0.6 is 0 Å². The van der Waals surface area contributed by atoms with Crippen molar-refractivity contribution in [2.24, 2.45) is 0 Å². The Hall–Kier alpha value is -2.25. The Kier molecular flexibility index (Phi) is 5.92. The fourth-order valence-corrected chi connectivity index (χ4v) is 3.45. The van der Waals surface area contributed by atoms with E-state index in [1.807, 2.05) is 32.0 Å². The lowest BCUT2D eigenvalue weighted by Gasteiger charge is -2.26. The molecule has 3 amide bonds. The first-order valence-electron chi connectivity index (χ1n) is 9.37. The molecule has 1 saturated heterocycles. The summed E-state index contributed by atoms with van der Waals surface area (Å²) >= 11 is 0. The van der Waals surface area contributed by atoms with E-state index in [1.54, 1.807) is 12.0 Å². The lowest BCUT2D eigenvalue weighted by atomic mass is 10.1. The number of benzene rings is 1. The van der Waals surface area contributed by atoms with Crippen LogP contribution in [0, 0.1) is 13.8 Å². The molecule has 1 N–H and O–H groups in total. The Bertz CT molecular complexity index is 745. The fraction of sp³-hybridized carbons (Fsp3) is 0.550. The molecule has 1 aliphatic carbocycles. The van der Waals surface area contributed by atoms with E-state index in [0.717, 1.165) is 29.7 Å². The van der Waals surface area contributed by atoms with Gasteiger partial charge in [-0.25, -0.2) is 0 Å². The molecule has 2 aliphatic rings. The number of amides is 3. The maximum Gasteiger partial charge on any atom is 0.247 e. The Morgan fingerprint density at radius 1 is 1.30 bits per heavy atom. The zero-order chi connectivity index (χ0) is 19.6. The molecule has 3 rings (SSSR count). The van der Waals surface area contributed by atoms with Crippen LogP contribution in [0.3, 0.4) is 0 Å². The topological polar surface area (TPSA) is 79.0 Å². The van der Waals surface area contributed by atoms with Crippen molar-refractivity contribution in [2.45, 2.75) is 45.2 Å².